The second-order valence-electron chi connectivity index (χ2n) is 3.21. The van der Waals surface area contributed by atoms with E-state index in [4.69, 9.17) is 17.3 Å². The number of amides is 1. The summed E-state index contributed by atoms with van der Waals surface area (Å²) in [5.74, 6) is -0.302. The van der Waals surface area contributed by atoms with E-state index in [0.29, 0.717) is 6.54 Å². The molecular formula is C12H14N2O2S. The van der Waals surface area contributed by atoms with Crippen LogP contribution in [0.15, 0.2) is 36.4 Å². The van der Waals surface area contributed by atoms with Crippen molar-refractivity contribution in [3.63, 3.8) is 0 Å². The third-order valence-electron chi connectivity index (χ3n) is 1.86. The van der Waals surface area contributed by atoms with Crippen LogP contribution in [0.25, 0.3) is 6.08 Å². The summed E-state index contributed by atoms with van der Waals surface area (Å²) in [5, 5.41) is 13.9. The van der Waals surface area contributed by atoms with Gasteiger partial charge in [-0.2, -0.15) is 0 Å². The molecule has 4 nitrogen and oxygen atoms in total. The highest BCUT2D eigenvalue weighted by Crippen LogP contribution is 2.00. The Morgan fingerprint density at radius 3 is 2.71 bits per heavy atom. The van der Waals surface area contributed by atoms with Gasteiger partial charge in [0.2, 0.25) is 5.91 Å². The second kappa shape index (κ2) is 7.54. The van der Waals surface area contributed by atoms with Gasteiger partial charge in [-0.05, 0) is 23.9 Å². The van der Waals surface area contributed by atoms with Crippen LogP contribution >= 0.6 is 12.2 Å². The molecule has 0 aliphatic rings. The fourth-order valence-electron chi connectivity index (χ4n) is 1.10. The van der Waals surface area contributed by atoms with Crippen LogP contribution in [-0.4, -0.2) is 29.3 Å². The zero-order chi connectivity index (χ0) is 12.5. The Hall–Kier alpha value is -1.72. The third-order valence-corrected chi connectivity index (χ3v) is 2.11. The number of thiocarbonyl (C=S) groups is 1. The van der Waals surface area contributed by atoms with Gasteiger partial charge in [-0.3, -0.25) is 10.1 Å². The van der Waals surface area contributed by atoms with E-state index in [2.05, 4.69) is 10.6 Å². The lowest BCUT2D eigenvalue weighted by Gasteiger charge is -2.05. The van der Waals surface area contributed by atoms with E-state index in [1.165, 1.54) is 6.08 Å². The maximum absolute atomic E-state index is 11.4. The summed E-state index contributed by atoms with van der Waals surface area (Å²) in [6, 6.07) is 9.49. The lowest BCUT2D eigenvalue weighted by molar-refractivity contribution is -0.115. The van der Waals surface area contributed by atoms with Gasteiger partial charge in [0.25, 0.3) is 0 Å². The molecule has 0 atom stereocenters. The fourth-order valence-corrected chi connectivity index (χ4v) is 1.31. The van der Waals surface area contributed by atoms with Crippen molar-refractivity contribution in [1.82, 2.24) is 10.6 Å². The predicted octanol–water partition coefficient (Wildman–Crippen LogP) is 0.683. The lowest BCUT2D eigenvalue weighted by Crippen LogP contribution is -2.39. The minimum Gasteiger partial charge on any atom is -0.395 e. The topological polar surface area (TPSA) is 61.4 Å². The molecule has 17 heavy (non-hydrogen) atoms. The molecule has 0 heterocycles. The molecule has 1 amide bonds. The molecule has 0 saturated carbocycles. The number of hydrogen-bond donors (Lipinski definition) is 3. The number of rotatable bonds is 4. The molecule has 5 heteroatoms. The normalized spacial score (nSPS) is 10.2. The van der Waals surface area contributed by atoms with Gasteiger partial charge < -0.3 is 10.4 Å². The largest absolute Gasteiger partial charge is 0.395 e. The zero-order valence-corrected chi connectivity index (χ0v) is 10.0. The average molecular weight is 250 g/mol. The summed E-state index contributed by atoms with van der Waals surface area (Å²) in [7, 11) is 0. The highest BCUT2D eigenvalue weighted by Gasteiger charge is 1.98. The first-order chi connectivity index (χ1) is 8.22. The van der Waals surface area contributed by atoms with E-state index in [1.807, 2.05) is 30.3 Å². The predicted molar refractivity (Wildman–Crippen MR) is 71.3 cm³/mol. The monoisotopic (exact) mass is 250 g/mol. The summed E-state index contributed by atoms with van der Waals surface area (Å²) in [4.78, 5) is 11.4. The first-order valence-corrected chi connectivity index (χ1v) is 5.56. The Morgan fingerprint density at radius 2 is 2.06 bits per heavy atom. The van der Waals surface area contributed by atoms with Gasteiger partial charge in [-0.1, -0.05) is 30.3 Å². The zero-order valence-electron chi connectivity index (χ0n) is 9.22. The number of carbonyl (C=O) groups excluding carboxylic acids is 1. The second-order valence-corrected chi connectivity index (χ2v) is 3.62. The van der Waals surface area contributed by atoms with Crippen LogP contribution in [0, 0.1) is 0 Å². The minimum absolute atomic E-state index is 0.0319. The van der Waals surface area contributed by atoms with Gasteiger partial charge in [0.1, 0.15) is 0 Å². The highest BCUT2D eigenvalue weighted by molar-refractivity contribution is 7.80. The van der Waals surface area contributed by atoms with Crippen LogP contribution in [0.1, 0.15) is 5.56 Å². The van der Waals surface area contributed by atoms with Crippen molar-refractivity contribution < 1.29 is 9.90 Å². The molecule has 0 aromatic heterocycles. The number of benzene rings is 1. The summed E-state index contributed by atoms with van der Waals surface area (Å²) in [6.45, 7) is 0.289. The lowest BCUT2D eigenvalue weighted by atomic mass is 10.2. The van der Waals surface area contributed by atoms with E-state index in [1.54, 1.807) is 6.08 Å². The standard InChI is InChI=1S/C12H14N2O2S/c15-9-8-13-12(17)14-11(16)7-6-10-4-2-1-3-5-10/h1-7,15H,8-9H2,(H2,13,14,16,17). The molecule has 1 rings (SSSR count). The summed E-state index contributed by atoms with van der Waals surface area (Å²) < 4.78 is 0. The molecule has 1 aromatic rings. The third kappa shape index (κ3) is 5.79. The van der Waals surface area contributed by atoms with Gasteiger partial charge in [-0.25, -0.2) is 0 Å². The van der Waals surface area contributed by atoms with Crippen LogP contribution in [0.2, 0.25) is 0 Å². The van der Waals surface area contributed by atoms with Crippen LogP contribution in [0.5, 0.6) is 0 Å². The quantitative estimate of drug-likeness (QED) is 0.543. The molecule has 0 fully saturated rings. The number of aliphatic hydroxyl groups is 1. The number of aliphatic hydroxyl groups excluding tert-OH is 1. The van der Waals surface area contributed by atoms with Gasteiger partial charge in [0, 0.05) is 12.6 Å². The van der Waals surface area contributed by atoms with E-state index >= 15 is 0 Å². The van der Waals surface area contributed by atoms with E-state index in [-0.39, 0.29) is 17.6 Å². The Kier molecular flexibility index (Phi) is 5.92. The first-order valence-electron chi connectivity index (χ1n) is 5.15. The highest BCUT2D eigenvalue weighted by atomic mass is 32.1. The van der Waals surface area contributed by atoms with Crippen LogP contribution in [0.4, 0.5) is 0 Å². The summed E-state index contributed by atoms with van der Waals surface area (Å²) in [6.07, 6.45) is 3.10. The molecule has 0 unspecified atom stereocenters. The smallest absolute Gasteiger partial charge is 0.250 e. The number of nitrogens with one attached hydrogen (secondary N) is 2. The van der Waals surface area contributed by atoms with Gasteiger partial charge in [-0.15, -0.1) is 0 Å². The van der Waals surface area contributed by atoms with Crippen molar-refractivity contribution in [2.24, 2.45) is 0 Å². The molecular weight excluding hydrogens is 236 g/mol. The number of hydrogen-bond acceptors (Lipinski definition) is 3. The molecule has 1 aromatic carbocycles. The summed E-state index contributed by atoms with van der Waals surface area (Å²) >= 11 is 4.84. The molecule has 0 bridgehead atoms. The van der Waals surface area contributed by atoms with E-state index in [0.717, 1.165) is 5.56 Å². The van der Waals surface area contributed by atoms with E-state index < -0.39 is 0 Å². The number of carbonyl (C=O) groups is 1. The SMILES string of the molecule is O=C(C=Cc1ccccc1)NC(=S)NCCO. The Balaban J connectivity index is 2.39. The van der Waals surface area contributed by atoms with Crippen molar-refractivity contribution >= 4 is 29.3 Å². The molecule has 90 valence electrons. The van der Waals surface area contributed by atoms with Crippen LogP contribution in [0.3, 0.4) is 0 Å². The molecule has 0 radical (unpaired) electrons. The maximum atomic E-state index is 11.4. The molecule has 0 aliphatic heterocycles. The van der Waals surface area contributed by atoms with Gasteiger partial charge in [0.15, 0.2) is 5.11 Å². The van der Waals surface area contributed by atoms with Crippen molar-refractivity contribution in [2.45, 2.75) is 0 Å². The molecule has 0 spiro atoms. The van der Waals surface area contributed by atoms with Gasteiger partial charge in [0.05, 0.1) is 6.61 Å². The van der Waals surface area contributed by atoms with Crippen molar-refractivity contribution in [3.8, 4) is 0 Å². The molecule has 0 aliphatic carbocycles. The fraction of sp³-hybridized carbons (Fsp3) is 0.167. The van der Waals surface area contributed by atoms with Crippen molar-refractivity contribution in [2.75, 3.05) is 13.2 Å². The Morgan fingerprint density at radius 1 is 1.35 bits per heavy atom. The van der Waals surface area contributed by atoms with Crippen molar-refractivity contribution in [1.29, 1.82) is 0 Å². The van der Waals surface area contributed by atoms with Crippen LogP contribution in [-0.2, 0) is 4.79 Å². The minimum atomic E-state index is -0.302. The molecule has 3 N–H and O–H groups in total. The van der Waals surface area contributed by atoms with Crippen LogP contribution < -0.4 is 10.6 Å². The molecule has 0 saturated heterocycles. The average Bonchev–Trinajstić information content (AvgIpc) is 2.35. The van der Waals surface area contributed by atoms with E-state index in [9.17, 15) is 4.79 Å². The Labute approximate surface area is 105 Å². The van der Waals surface area contributed by atoms with Gasteiger partial charge >= 0.3 is 0 Å². The maximum Gasteiger partial charge on any atom is 0.250 e. The first kappa shape index (κ1) is 13.3. The van der Waals surface area contributed by atoms with Crippen molar-refractivity contribution in [3.05, 3.63) is 42.0 Å². The summed E-state index contributed by atoms with van der Waals surface area (Å²) in [5.41, 5.74) is 0.942. The Bertz CT molecular complexity index is 404.